The van der Waals surface area contributed by atoms with Gasteiger partial charge in [-0.2, -0.15) is 0 Å². The van der Waals surface area contributed by atoms with E-state index in [1.165, 1.54) is 10.1 Å². The minimum atomic E-state index is -0.295. The van der Waals surface area contributed by atoms with E-state index in [2.05, 4.69) is 24.4 Å². The SMILES string of the molecule is CCCC(O)c1csc2ccccc12. The largest absolute Gasteiger partial charge is 0.388 e. The summed E-state index contributed by atoms with van der Waals surface area (Å²) in [5.74, 6) is 0. The molecule has 1 atom stereocenters. The van der Waals surface area contributed by atoms with Crippen LogP contribution < -0.4 is 0 Å². The van der Waals surface area contributed by atoms with E-state index >= 15 is 0 Å². The maximum absolute atomic E-state index is 9.91. The van der Waals surface area contributed by atoms with E-state index < -0.39 is 0 Å². The van der Waals surface area contributed by atoms with Crippen molar-refractivity contribution in [3.05, 3.63) is 35.2 Å². The van der Waals surface area contributed by atoms with Crippen molar-refractivity contribution in [2.24, 2.45) is 0 Å². The third-order valence-electron chi connectivity index (χ3n) is 2.43. The fourth-order valence-electron chi connectivity index (χ4n) is 1.69. The van der Waals surface area contributed by atoms with E-state index in [4.69, 9.17) is 0 Å². The molecule has 0 amide bonds. The second-order valence-electron chi connectivity index (χ2n) is 3.49. The van der Waals surface area contributed by atoms with Crippen molar-refractivity contribution in [3.63, 3.8) is 0 Å². The van der Waals surface area contributed by atoms with Crippen LogP contribution in [0.1, 0.15) is 31.4 Å². The van der Waals surface area contributed by atoms with Crippen molar-refractivity contribution in [1.29, 1.82) is 0 Å². The minimum Gasteiger partial charge on any atom is -0.388 e. The zero-order valence-corrected chi connectivity index (χ0v) is 9.05. The molecule has 0 aliphatic rings. The molecule has 1 nitrogen and oxygen atoms in total. The first-order valence-corrected chi connectivity index (χ1v) is 5.85. The Morgan fingerprint density at radius 3 is 2.93 bits per heavy atom. The average molecular weight is 206 g/mol. The summed E-state index contributed by atoms with van der Waals surface area (Å²) in [6, 6.07) is 8.24. The number of rotatable bonds is 3. The zero-order valence-electron chi connectivity index (χ0n) is 8.23. The summed E-state index contributed by atoms with van der Waals surface area (Å²) >= 11 is 1.71. The molecule has 2 aromatic rings. The van der Waals surface area contributed by atoms with Gasteiger partial charge in [-0.3, -0.25) is 0 Å². The van der Waals surface area contributed by atoms with Gasteiger partial charge < -0.3 is 5.11 Å². The fraction of sp³-hybridized carbons (Fsp3) is 0.333. The van der Waals surface area contributed by atoms with Crippen LogP contribution in [0.3, 0.4) is 0 Å². The predicted octanol–water partition coefficient (Wildman–Crippen LogP) is 3.73. The number of fused-ring (bicyclic) bond motifs is 1. The molecule has 0 aliphatic carbocycles. The molecule has 2 heteroatoms. The summed E-state index contributed by atoms with van der Waals surface area (Å²) in [5.41, 5.74) is 1.09. The quantitative estimate of drug-likeness (QED) is 0.811. The highest BCUT2D eigenvalue weighted by molar-refractivity contribution is 7.17. The van der Waals surface area contributed by atoms with Gasteiger partial charge >= 0.3 is 0 Å². The van der Waals surface area contributed by atoms with E-state index in [1.807, 2.05) is 12.1 Å². The molecular formula is C12H14OS. The van der Waals surface area contributed by atoms with Gasteiger partial charge in [0.2, 0.25) is 0 Å². The van der Waals surface area contributed by atoms with Crippen LogP contribution in [0, 0.1) is 0 Å². The topological polar surface area (TPSA) is 20.2 Å². The highest BCUT2D eigenvalue weighted by Crippen LogP contribution is 2.31. The third kappa shape index (κ3) is 1.68. The van der Waals surface area contributed by atoms with Gasteiger partial charge in [0.1, 0.15) is 0 Å². The molecule has 2 rings (SSSR count). The highest BCUT2D eigenvalue weighted by Gasteiger charge is 2.11. The lowest BCUT2D eigenvalue weighted by Gasteiger charge is -2.07. The van der Waals surface area contributed by atoms with E-state index in [1.54, 1.807) is 11.3 Å². The van der Waals surface area contributed by atoms with Crippen molar-refractivity contribution in [2.75, 3.05) is 0 Å². The number of benzene rings is 1. The van der Waals surface area contributed by atoms with E-state index in [0.29, 0.717) is 0 Å². The Morgan fingerprint density at radius 1 is 1.36 bits per heavy atom. The van der Waals surface area contributed by atoms with Crippen molar-refractivity contribution < 1.29 is 5.11 Å². The van der Waals surface area contributed by atoms with Gasteiger partial charge in [-0.05, 0) is 28.8 Å². The predicted molar refractivity (Wildman–Crippen MR) is 61.7 cm³/mol. The molecule has 0 aliphatic heterocycles. The summed E-state index contributed by atoms with van der Waals surface area (Å²) in [4.78, 5) is 0. The second-order valence-corrected chi connectivity index (χ2v) is 4.40. The molecule has 0 saturated carbocycles. The van der Waals surface area contributed by atoms with Crippen LogP contribution in [0.15, 0.2) is 29.6 Å². The van der Waals surface area contributed by atoms with Gasteiger partial charge in [0.25, 0.3) is 0 Å². The third-order valence-corrected chi connectivity index (χ3v) is 3.41. The van der Waals surface area contributed by atoms with E-state index in [-0.39, 0.29) is 6.10 Å². The maximum atomic E-state index is 9.91. The molecule has 14 heavy (non-hydrogen) atoms. The molecule has 1 aromatic heterocycles. The molecule has 1 unspecified atom stereocenters. The molecule has 0 spiro atoms. The van der Waals surface area contributed by atoms with Crippen LogP contribution in [-0.2, 0) is 0 Å². The van der Waals surface area contributed by atoms with Gasteiger partial charge in [-0.1, -0.05) is 31.5 Å². The molecule has 0 bridgehead atoms. The Bertz CT molecular complexity index is 419. The summed E-state index contributed by atoms with van der Waals surface area (Å²) in [6.07, 6.45) is 1.57. The van der Waals surface area contributed by atoms with Gasteiger partial charge in [0.05, 0.1) is 6.10 Å². The van der Waals surface area contributed by atoms with Crippen LogP contribution in [0.25, 0.3) is 10.1 Å². The summed E-state index contributed by atoms with van der Waals surface area (Å²) in [7, 11) is 0. The maximum Gasteiger partial charge on any atom is 0.0804 e. The molecule has 0 radical (unpaired) electrons. The monoisotopic (exact) mass is 206 g/mol. The zero-order chi connectivity index (χ0) is 9.97. The Labute approximate surface area is 88.0 Å². The fourth-order valence-corrected chi connectivity index (χ4v) is 2.69. The highest BCUT2D eigenvalue weighted by atomic mass is 32.1. The summed E-state index contributed by atoms with van der Waals surface area (Å²) < 4.78 is 1.26. The molecule has 74 valence electrons. The molecule has 0 fully saturated rings. The Kier molecular flexibility index (Phi) is 2.85. The second kappa shape index (κ2) is 4.11. The lowest BCUT2D eigenvalue weighted by atomic mass is 10.0. The Hall–Kier alpha value is -0.860. The van der Waals surface area contributed by atoms with Crippen molar-refractivity contribution in [1.82, 2.24) is 0 Å². The van der Waals surface area contributed by atoms with Gasteiger partial charge in [-0.15, -0.1) is 11.3 Å². The summed E-state index contributed by atoms with van der Waals surface area (Å²) in [6.45, 7) is 2.10. The van der Waals surface area contributed by atoms with Crippen LogP contribution in [0.5, 0.6) is 0 Å². The lowest BCUT2D eigenvalue weighted by Crippen LogP contribution is -1.94. The molecular weight excluding hydrogens is 192 g/mol. The lowest BCUT2D eigenvalue weighted by molar-refractivity contribution is 0.168. The van der Waals surface area contributed by atoms with E-state index in [0.717, 1.165) is 18.4 Å². The molecule has 1 aromatic carbocycles. The van der Waals surface area contributed by atoms with Gasteiger partial charge in [0.15, 0.2) is 0 Å². The van der Waals surface area contributed by atoms with Crippen molar-refractivity contribution in [3.8, 4) is 0 Å². The number of thiophene rings is 1. The van der Waals surface area contributed by atoms with Crippen LogP contribution >= 0.6 is 11.3 Å². The number of aliphatic hydroxyl groups excluding tert-OH is 1. The number of hydrogen-bond donors (Lipinski definition) is 1. The Balaban J connectivity index is 2.42. The van der Waals surface area contributed by atoms with Crippen LogP contribution in [0.4, 0.5) is 0 Å². The standard InChI is InChI=1S/C12H14OS/c1-2-5-11(13)10-8-14-12-7-4-3-6-9(10)12/h3-4,6-8,11,13H,2,5H2,1H3. The van der Waals surface area contributed by atoms with Crippen molar-refractivity contribution in [2.45, 2.75) is 25.9 Å². The van der Waals surface area contributed by atoms with Crippen LogP contribution in [-0.4, -0.2) is 5.11 Å². The van der Waals surface area contributed by atoms with Gasteiger partial charge in [-0.25, -0.2) is 0 Å². The van der Waals surface area contributed by atoms with E-state index in [9.17, 15) is 5.11 Å². The molecule has 0 saturated heterocycles. The average Bonchev–Trinajstić information content (AvgIpc) is 2.61. The van der Waals surface area contributed by atoms with Crippen LogP contribution in [0.2, 0.25) is 0 Å². The summed E-state index contributed by atoms with van der Waals surface area (Å²) in [5, 5.41) is 13.2. The number of hydrogen-bond acceptors (Lipinski definition) is 2. The minimum absolute atomic E-state index is 0.295. The normalized spacial score (nSPS) is 13.3. The smallest absolute Gasteiger partial charge is 0.0804 e. The van der Waals surface area contributed by atoms with Crippen molar-refractivity contribution >= 4 is 21.4 Å². The number of aliphatic hydroxyl groups is 1. The molecule has 1 heterocycles. The first-order valence-electron chi connectivity index (χ1n) is 4.97. The van der Waals surface area contributed by atoms with Gasteiger partial charge in [0, 0.05) is 4.70 Å². The Morgan fingerprint density at radius 2 is 2.14 bits per heavy atom. The first kappa shape index (κ1) is 9.69. The first-order chi connectivity index (χ1) is 6.83. The molecule has 1 N–H and O–H groups in total.